The van der Waals surface area contributed by atoms with Crippen LogP contribution in [0.2, 0.25) is 0 Å². The number of amides is 1. The summed E-state index contributed by atoms with van der Waals surface area (Å²) >= 11 is 1.78. The lowest BCUT2D eigenvalue weighted by atomic mass is 9.89. The van der Waals surface area contributed by atoms with Crippen molar-refractivity contribution in [1.29, 1.82) is 0 Å². The van der Waals surface area contributed by atoms with Gasteiger partial charge in [0.05, 0.1) is 5.54 Å². The van der Waals surface area contributed by atoms with Gasteiger partial charge in [0.25, 0.3) is 0 Å². The molecule has 0 bridgehead atoms. The Morgan fingerprint density at radius 2 is 2.16 bits per heavy atom. The SMILES string of the molecule is Cl.NC1(C(=O)N2CCc3sccc3C2)CCOCC1. The van der Waals surface area contributed by atoms with Crippen LogP contribution in [-0.2, 0) is 22.5 Å². The number of nitrogens with zero attached hydrogens (tertiary/aromatic N) is 1. The van der Waals surface area contributed by atoms with Crippen LogP contribution in [0, 0.1) is 0 Å². The van der Waals surface area contributed by atoms with Crippen LogP contribution in [0.5, 0.6) is 0 Å². The van der Waals surface area contributed by atoms with E-state index in [1.165, 1.54) is 10.4 Å². The van der Waals surface area contributed by atoms with E-state index in [1.54, 1.807) is 11.3 Å². The van der Waals surface area contributed by atoms with Gasteiger partial charge in [-0.2, -0.15) is 0 Å². The molecule has 1 saturated heterocycles. The summed E-state index contributed by atoms with van der Waals surface area (Å²) in [6.07, 6.45) is 2.24. The van der Waals surface area contributed by atoms with Gasteiger partial charge in [0, 0.05) is 31.2 Å². The van der Waals surface area contributed by atoms with E-state index in [1.807, 2.05) is 4.90 Å². The van der Waals surface area contributed by atoms with Crippen molar-refractivity contribution in [1.82, 2.24) is 4.90 Å². The van der Waals surface area contributed by atoms with Gasteiger partial charge in [-0.05, 0) is 36.3 Å². The summed E-state index contributed by atoms with van der Waals surface area (Å²) in [7, 11) is 0. The zero-order valence-electron chi connectivity index (χ0n) is 10.8. The predicted octanol–water partition coefficient (Wildman–Crippen LogP) is 1.56. The Hall–Kier alpha value is -0.620. The zero-order chi connectivity index (χ0) is 12.6. The molecule has 0 aromatic carbocycles. The summed E-state index contributed by atoms with van der Waals surface area (Å²) in [5, 5.41) is 2.10. The fourth-order valence-electron chi connectivity index (χ4n) is 2.69. The first kappa shape index (κ1) is 14.8. The maximum absolute atomic E-state index is 12.6. The monoisotopic (exact) mass is 302 g/mol. The van der Waals surface area contributed by atoms with E-state index in [4.69, 9.17) is 10.5 Å². The molecule has 4 nitrogen and oxygen atoms in total. The maximum atomic E-state index is 12.6. The minimum absolute atomic E-state index is 0. The maximum Gasteiger partial charge on any atom is 0.243 e. The third-order valence-corrected chi connectivity index (χ3v) is 4.93. The molecule has 1 aromatic heterocycles. The molecule has 106 valence electrons. The quantitative estimate of drug-likeness (QED) is 0.856. The summed E-state index contributed by atoms with van der Waals surface area (Å²) in [4.78, 5) is 15.9. The van der Waals surface area contributed by atoms with E-state index in [0.29, 0.717) is 26.1 Å². The number of hydrogen-bond donors (Lipinski definition) is 1. The molecule has 0 atom stereocenters. The molecule has 3 heterocycles. The van der Waals surface area contributed by atoms with Crippen LogP contribution >= 0.6 is 23.7 Å². The summed E-state index contributed by atoms with van der Waals surface area (Å²) in [5.74, 6) is 0.0997. The van der Waals surface area contributed by atoms with Gasteiger partial charge in [0.15, 0.2) is 0 Å². The molecule has 6 heteroatoms. The van der Waals surface area contributed by atoms with Crippen molar-refractivity contribution in [2.24, 2.45) is 5.73 Å². The number of rotatable bonds is 1. The number of thiophene rings is 1. The lowest BCUT2D eigenvalue weighted by Gasteiger charge is -2.38. The van der Waals surface area contributed by atoms with Crippen molar-refractivity contribution in [2.45, 2.75) is 31.3 Å². The molecule has 3 rings (SSSR count). The van der Waals surface area contributed by atoms with Gasteiger partial charge in [-0.1, -0.05) is 0 Å². The van der Waals surface area contributed by atoms with E-state index in [2.05, 4.69) is 11.4 Å². The Morgan fingerprint density at radius 1 is 1.42 bits per heavy atom. The summed E-state index contributed by atoms with van der Waals surface area (Å²) in [6.45, 7) is 2.71. The molecular weight excluding hydrogens is 284 g/mol. The van der Waals surface area contributed by atoms with Gasteiger partial charge in [-0.3, -0.25) is 4.79 Å². The van der Waals surface area contributed by atoms with Crippen molar-refractivity contribution >= 4 is 29.7 Å². The number of fused-ring (bicyclic) bond motifs is 1. The first-order chi connectivity index (χ1) is 8.69. The molecule has 2 N–H and O–H groups in total. The fraction of sp³-hybridized carbons (Fsp3) is 0.615. The van der Waals surface area contributed by atoms with E-state index in [9.17, 15) is 4.79 Å². The van der Waals surface area contributed by atoms with Crippen LogP contribution in [0.25, 0.3) is 0 Å². The van der Waals surface area contributed by atoms with E-state index in [-0.39, 0.29) is 18.3 Å². The van der Waals surface area contributed by atoms with Crippen molar-refractivity contribution in [2.75, 3.05) is 19.8 Å². The Kier molecular flexibility index (Phi) is 4.50. The van der Waals surface area contributed by atoms with Crippen LogP contribution in [0.1, 0.15) is 23.3 Å². The number of hydrogen-bond acceptors (Lipinski definition) is 4. The largest absolute Gasteiger partial charge is 0.381 e. The average Bonchev–Trinajstić information content (AvgIpc) is 2.86. The van der Waals surface area contributed by atoms with Gasteiger partial charge in [0.2, 0.25) is 5.91 Å². The van der Waals surface area contributed by atoms with Crippen LogP contribution in [0.3, 0.4) is 0 Å². The smallest absolute Gasteiger partial charge is 0.243 e. The second kappa shape index (κ2) is 5.79. The van der Waals surface area contributed by atoms with Gasteiger partial charge in [-0.25, -0.2) is 0 Å². The number of nitrogens with two attached hydrogens (primary N) is 1. The minimum Gasteiger partial charge on any atom is -0.381 e. The van der Waals surface area contributed by atoms with Crippen molar-refractivity contribution in [3.8, 4) is 0 Å². The van der Waals surface area contributed by atoms with Crippen molar-refractivity contribution in [3.63, 3.8) is 0 Å². The van der Waals surface area contributed by atoms with Gasteiger partial charge in [0.1, 0.15) is 0 Å². The Bertz CT molecular complexity index is 457. The van der Waals surface area contributed by atoms with Crippen molar-refractivity contribution in [3.05, 3.63) is 21.9 Å². The standard InChI is InChI=1S/C13H18N2O2S.ClH/c14-13(3-6-17-7-4-13)12(16)15-5-1-11-10(9-15)2-8-18-11;/h2,8H,1,3-7,9,14H2;1H. The topological polar surface area (TPSA) is 55.6 Å². The van der Waals surface area contributed by atoms with E-state index in [0.717, 1.165) is 19.5 Å². The summed E-state index contributed by atoms with van der Waals surface area (Å²) < 4.78 is 5.30. The summed E-state index contributed by atoms with van der Waals surface area (Å²) in [6, 6.07) is 2.12. The van der Waals surface area contributed by atoms with Crippen LogP contribution < -0.4 is 5.73 Å². The second-order valence-electron chi connectivity index (χ2n) is 5.11. The number of ether oxygens (including phenoxy) is 1. The highest BCUT2D eigenvalue weighted by Gasteiger charge is 2.39. The third-order valence-electron chi connectivity index (χ3n) is 3.91. The molecule has 0 unspecified atom stereocenters. The normalized spacial score (nSPS) is 21.4. The lowest BCUT2D eigenvalue weighted by Crippen LogP contribution is -2.58. The first-order valence-corrected chi connectivity index (χ1v) is 7.28. The molecule has 2 aliphatic heterocycles. The fourth-order valence-corrected chi connectivity index (χ4v) is 3.58. The van der Waals surface area contributed by atoms with Crippen LogP contribution in [0.15, 0.2) is 11.4 Å². The predicted molar refractivity (Wildman–Crippen MR) is 77.7 cm³/mol. The molecular formula is C13H19ClN2O2S. The molecule has 1 amide bonds. The van der Waals surface area contributed by atoms with Gasteiger partial charge >= 0.3 is 0 Å². The molecule has 1 fully saturated rings. The molecule has 1 aromatic rings. The van der Waals surface area contributed by atoms with Crippen LogP contribution in [-0.4, -0.2) is 36.1 Å². The molecule has 0 spiro atoms. The highest BCUT2D eigenvalue weighted by Crippen LogP contribution is 2.27. The van der Waals surface area contributed by atoms with Gasteiger partial charge in [-0.15, -0.1) is 23.7 Å². The van der Waals surface area contributed by atoms with Gasteiger partial charge < -0.3 is 15.4 Å². The molecule has 2 aliphatic rings. The van der Waals surface area contributed by atoms with Crippen LogP contribution in [0.4, 0.5) is 0 Å². The third kappa shape index (κ3) is 2.79. The Labute approximate surface area is 123 Å². The Morgan fingerprint density at radius 3 is 2.89 bits per heavy atom. The molecule has 0 radical (unpaired) electrons. The molecule has 19 heavy (non-hydrogen) atoms. The summed E-state index contributed by atoms with van der Waals surface area (Å²) in [5.41, 5.74) is 6.84. The number of carbonyl (C=O) groups excluding carboxylic acids is 1. The molecule has 0 saturated carbocycles. The second-order valence-corrected chi connectivity index (χ2v) is 6.11. The zero-order valence-corrected chi connectivity index (χ0v) is 12.4. The minimum atomic E-state index is -0.703. The van der Waals surface area contributed by atoms with Crippen molar-refractivity contribution < 1.29 is 9.53 Å². The highest BCUT2D eigenvalue weighted by molar-refractivity contribution is 7.10. The first-order valence-electron chi connectivity index (χ1n) is 6.40. The number of carbonyl (C=O) groups is 1. The average molecular weight is 303 g/mol. The molecule has 0 aliphatic carbocycles. The highest BCUT2D eigenvalue weighted by atomic mass is 35.5. The van der Waals surface area contributed by atoms with E-state index < -0.39 is 5.54 Å². The Balaban J connectivity index is 0.00000133. The number of halogens is 1. The van der Waals surface area contributed by atoms with E-state index >= 15 is 0 Å². The lowest BCUT2D eigenvalue weighted by molar-refractivity contribution is -0.141.